The molecule has 45 heavy (non-hydrogen) atoms. The summed E-state index contributed by atoms with van der Waals surface area (Å²) in [7, 11) is 5.03. The van der Waals surface area contributed by atoms with Crippen LogP contribution < -0.4 is 0 Å². The predicted molar refractivity (Wildman–Crippen MR) is 153 cm³/mol. The summed E-state index contributed by atoms with van der Waals surface area (Å²) in [5.41, 5.74) is 0.641. The van der Waals surface area contributed by atoms with Gasteiger partial charge in [0.2, 0.25) is 0 Å². The van der Waals surface area contributed by atoms with E-state index in [4.69, 9.17) is 18.9 Å². The number of ether oxygens (including phenoxy) is 4. The Kier molecular flexibility index (Phi) is 13.4. The van der Waals surface area contributed by atoms with Crippen molar-refractivity contribution >= 4 is 47.5 Å². The van der Waals surface area contributed by atoms with Gasteiger partial charge in [-0.1, -0.05) is 30.3 Å². The Morgan fingerprint density at radius 3 is 1.51 bits per heavy atom. The fourth-order valence-corrected chi connectivity index (χ4v) is 4.03. The molecule has 0 saturated carbocycles. The molecule has 1 aromatic carbocycles. The molecule has 0 spiro atoms. The second-order valence-electron chi connectivity index (χ2n) is 10.4. The molecule has 1 aliphatic heterocycles. The third-order valence-corrected chi connectivity index (χ3v) is 6.50. The average Bonchev–Trinajstić information content (AvgIpc) is 2.97. The van der Waals surface area contributed by atoms with Gasteiger partial charge in [-0.15, -0.1) is 0 Å². The van der Waals surface area contributed by atoms with Crippen molar-refractivity contribution in [1.82, 2.24) is 19.6 Å². The third-order valence-electron chi connectivity index (χ3n) is 6.50. The van der Waals surface area contributed by atoms with Gasteiger partial charge in [0.05, 0.1) is 0 Å². The summed E-state index contributed by atoms with van der Waals surface area (Å²) >= 11 is 0. The van der Waals surface area contributed by atoms with Gasteiger partial charge in [-0.2, -0.15) is 0 Å². The highest BCUT2D eigenvalue weighted by Crippen LogP contribution is 2.11. The fourth-order valence-electron chi connectivity index (χ4n) is 4.03. The first-order valence-electron chi connectivity index (χ1n) is 13.9. The Hall–Kier alpha value is -5.02. The molecule has 4 amide bonds. The van der Waals surface area contributed by atoms with E-state index in [1.807, 2.05) is 0 Å². The lowest BCUT2D eigenvalue weighted by molar-refractivity contribution is -0.167. The molecule has 1 aliphatic rings. The van der Waals surface area contributed by atoms with Gasteiger partial charge in [-0.05, 0) is 19.4 Å². The minimum atomic E-state index is -1.40. The van der Waals surface area contributed by atoms with Gasteiger partial charge in [0.15, 0.2) is 24.9 Å². The summed E-state index contributed by atoms with van der Waals surface area (Å²) in [6.45, 7) is -0.603. The number of hydrogen-bond donors (Lipinski definition) is 0. The summed E-state index contributed by atoms with van der Waals surface area (Å²) in [6, 6.07) is 8.62. The van der Waals surface area contributed by atoms with Crippen LogP contribution in [-0.4, -0.2) is 146 Å². The van der Waals surface area contributed by atoms with E-state index in [1.54, 1.807) is 30.3 Å². The molecule has 16 heteroatoms. The van der Waals surface area contributed by atoms with Crippen LogP contribution in [0.15, 0.2) is 30.3 Å². The Morgan fingerprint density at radius 1 is 0.578 bits per heavy atom. The average molecular weight is 635 g/mol. The number of likely N-dealkylation sites (N-methyl/N-ethyl adjacent to an activating group) is 4. The summed E-state index contributed by atoms with van der Waals surface area (Å²) < 4.78 is 20.6. The second kappa shape index (κ2) is 16.7. The van der Waals surface area contributed by atoms with E-state index < -0.39 is 98.6 Å². The molecular weight excluding hydrogens is 596 g/mol. The number of carbonyl (C=O) groups is 8. The highest BCUT2D eigenvalue weighted by molar-refractivity contribution is 5.91. The van der Waals surface area contributed by atoms with Gasteiger partial charge < -0.3 is 38.5 Å². The van der Waals surface area contributed by atoms with E-state index in [0.29, 0.717) is 5.56 Å². The van der Waals surface area contributed by atoms with E-state index in [1.165, 1.54) is 42.0 Å². The maximum atomic E-state index is 13.3. The quantitative estimate of drug-likeness (QED) is 0.268. The molecule has 0 aromatic heterocycles. The lowest BCUT2D eigenvalue weighted by Gasteiger charge is -2.26. The van der Waals surface area contributed by atoms with Gasteiger partial charge in [-0.25, -0.2) is 0 Å². The maximum Gasteiger partial charge on any atom is 0.326 e. The van der Waals surface area contributed by atoms with Crippen LogP contribution in [0.25, 0.3) is 0 Å². The van der Waals surface area contributed by atoms with Crippen molar-refractivity contribution in [2.45, 2.75) is 38.6 Å². The van der Waals surface area contributed by atoms with E-state index in [0.717, 1.165) is 19.6 Å². The van der Waals surface area contributed by atoms with Crippen LogP contribution in [0.2, 0.25) is 0 Å². The highest BCUT2D eigenvalue weighted by Gasteiger charge is 2.31. The number of nitrogens with zero attached hydrogens (tertiary/aromatic N) is 4. The van der Waals surface area contributed by atoms with Crippen molar-refractivity contribution in [3.8, 4) is 0 Å². The Balaban J connectivity index is 2.29. The molecule has 1 fully saturated rings. The van der Waals surface area contributed by atoms with Crippen LogP contribution in [0.5, 0.6) is 0 Å². The Bertz CT molecular complexity index is 1290. The van der Waals surface area contributed by atoms with E-state index in [9.17, 15) is 38.4 Å². The summed E-state index contributed by atoms with van der Waals surface area (Å²) in [5, 5.41) is 0. The number of carbonyl (C=O) groups excluding carboxylic acids is 8. The number of cyclic esters (lactones) is 4. The number of hydrogen-bond acceptors (Lipinski definition) is 12. The summed E-state index contributed by atoms with van der Waals surface area (Å²) in [6.07, 6.45) is -4.15. The molecule has 2 rings (SSSR count). The number of esters is 4. The fraction of sp³-hybridized carbons (Fsp3) is 0.517. The first-order valence-corrected chi connectivity index (χ1v) is 13.9. The van der Waals surface area contributed by atoms with Crippen LogP contribution >= 0.6 is 0 Å². The molecule has 3 atom stereocenters. The first kappa shape index (κ1) is 36.2. The summed E-state index contributed by atoms with van der Waals surface area (Å²) in [4.78, 5) is 105. The molecule has 0 aliphatic carbocycles. The zero-order chi connectivity index (χ0) is 33.8. The smallest absolute Gasteiger partial charge is 0.326 e. The molecule has 0 radical (unpaired) electrons. The molecule has 1 saturated heterocycles. The van der Waals surface area contributed by atoms with Gasteiger partial charge in [0, 0.05) is 34.6 Å². The molecular formula is C29H38N4O12. The minimum absolute atomic E-state index is 0.0570. The maximum absolute atomic E-state index is 13.3. The van der Waals surface area contributed by atoms with E-state index >= 15 is 0 Å². The number of rotatable bonds is 2. The van der Waals surface area contributed by atoms with Crippen molar-refractivity contribution in [1.29, 1.82) is 0 Å². The number of amides is 4. The summed E-state index contributed by atoms with van der Waals surface area (Å²) in [5.74, 6) is -6.87. The Labute approximate surface area is 260 Å². The highest BCUT2D eigenvalue weighted by atomic mass is 16.6. The van der Waals surface area contributed by atoms with E-state index in [2.05, 4.69) is 0 Å². The van der Waals surface area contributed by atoms with Crippen LogP contribution in [0.1, 0.15) is 19.4 Å². The predicted octanol–water partition coefficient (Wildman–Crippen LogP) is -1.61. The van der Waals surface area contributed by atoms with Crippen LogP contribution in [0.3, 0.4) is 0 Å². The van der Waals surface area contributed by atoms with Crippen molar-refractivity contribution in [2.24, 2.45) is 0 Å². The SMILES string of the molecule is C[C@H]1OC(=O)CN(C)C(=O)[C@@H](Cc2ccccc2)OC(=O)CN(C)C(=O)[C@@H](C)OC(=O)CN(C)C(=O)COC(=O)CN(C)C1=O. The van der Waals surface area contributed by atoms with Crippen LogP contribution in [0, 0.1) is 0 Å². The first-order chi connectivity index (χ1) is 21.1. The van der Waals surface area contributed by atoms with Gasteiger partial charge in [0.25, 0.3) is 23.6 Å². The lowest BCUT2D eigenvalue weighted by atomic mass is 10.1. The molecule has 0 unspecified atom stereocenters. The topological polar surface area (TPSA) is 186 Å². The van der Waals surface area contributed by atoms with Crippen LogP contribution in [0.4, 0.5) is 0 Å². The molecule has 0 bridgehead atoms. The Morgan fingerprint density at radius 2 is 1.00 bits per heavy atom. The second-order valence-corrected chi connectivity index (χ2v) is 10.4. The lowest BCUT2D eigenvalue weighted by Crippen LogP contribution is -2.46. The minimum Gasteiger partial charge on any atom is -0.454 e. The zero-order valence-corrected chi connectivity index (χ0v) is 26.0. The van der Waals surface area contributed by atoms with Crippen molar-refractivity contribution < 1.29 is 57.3 Å². The third kappa shape index (κ3) is 11.5. The van der Waals surface area contributed by atoms with Crippen LogP contribution in [-0.2, 0) is 63.7 Å². The molecule has 16 nitrogen and oxygen atoms in total. The molecule has 1 aromatic rings. The van der Waals surface area contributed by atoms with E-state index in [-0.39, 0.29) is 6.42 Å². The molecule has 246 valence electrons. The standard InChI is InChI=1S/C29H38N4O12/c1-18-27(39)31(4)13-23(35)42-17-22(34)30(3)14-24(36)43-19(2)28(40)32(5)16-26(38)45-21(12-20-10-8-7-9-11-20)29(41)33(6)15-25(37)44-18/h7-11,18-19,21H,12-17H2,1-6H3/t18-,19-,21-/m1/s1. The molecule has 1 heterocycles. The van der Waals surface area contributed by atoms with Crippen molar-refractivity contribution in [3.63, 3.8) is 0 Å². The normalized spacial score (nSPS) is 23.2. The van der Waals surface area contributed by atoms with Crippen molar-refractivity contribution in [2.75, 3.05) is 61.0 Å². The van der Waals surface area contributed by atoms with Gasteiger partial charge in [0.1, 0.15) is 26.2 Å². The van der Waals surface area contributed by atoms with Crippen molar-refractivity contribution in [3.05, 3.63) is 35.9 Å². The van der Waals surface area contributed by atoms with Gasteiger partial charge in [-0.3, -0.25) is 38.4 Å². The monoisotopic (exact) mass is 634 g/mol. The molecule has 0 N–H and O–H groups in total. The van der Waals surface area contributed by atoms with Gasteiger partial charge >= 0.3 is 23.9 Å². The number of benzene rings is 1. The zero-order valence-electron chi connectivity index (χ0n) is 26.0. The largest absolute Gasteiger partial charge is 0.454 e.